The van der Waals surface area contributed by atoms with E-state index in [4.69, 9.17) is 10.1 Å². The summed E-state index contributed by atoms with van der Waals surface area (Å²) in [6, 6.07) is 8.21. The molecule has 0 amide bonds. The molecule has 4 nitrogen and oxygen atoms in total. The summed E-state index contributed by atoms with van der Waals surface area (Å²) in [5.41, 5.74) is 4.39. The molecule has 0 aliphatic heterocycles. The molecule has 3 heterocycles. The third kappa shape index (κ3) is 2.06. The van der Waals surface area contributed by atoms with Crippen LogP contribution in [0.3, 0.4) is 0 Å². The molecule has 0 aliphatic carbocycles. The Kier molecular flexibility index (Phi) is 3.61. The minimum Gasteiger partial charge on any atom is -0.301 e. The van der Waals surface area contributed by atoms with Crippen molar-refractivity contribution in [3.8, 4) is 5.82 Å². The van der Waals surface area contributed by atoms with E-state index in [2.05, 4.69) is 40.2 Å². The van der Waals surface area contributed by atoms with Crippen molar-refractivity contribution < 1.29 is 0 Å². The van der Waals surface area contributed by atoms with Crippen LogP contribution in [0.15, 0.2) is 30.5 Å². The topological polar surface area (TPSA) is 35.1 Å². The van der Waals surface area contributed by atoms with E-state index < -0.39 is 0 Å². The number of rotatable bonds is 4. The number of imidazole rings is 1. The minimum absolute atomic E-state index is 0.748. The molecule has 20 heavy (non-hydrogen) atoms. The van der Waals surface area contributed by atoms with Crippen molar-refractivity contribution >= 4 is 21.6 Å². The summed E-state index contributed by atoms with van der Waals surface area (Å²) in [6.07, 6.45) is 3.93. The molecule has 3 aromatic heterocycles. The van der Waals surface area contributed by atoms with Gasteiger partial charge in [-0.1, -0.05) is 35.8 Å². The Morgan fingerprint density at radius 2 is 2.05 bits per heavy atom. The Labute approximate surface area is 126 Å². The largest absolute Gasteiger partial charge is 0.301 e. The standard InChI is InChI=1S/C15H17BrN4/c1-3-11-9-12(4-2)20(18-11)15-13(10-16)19-8-6-5-7-14(19)17-15/h5-9H,3-4,10H2,1-2H3. The van der Waals surface area contributed by atoms with Crippen molar-refractivity contribution in [2.45, 2.75) is 32.0 Å². The Bertz CT molecular complexity index is 741. The number of pyridine rings is 1. The first-order valence-corrected chi connectivity index (χ1v) is 8.00. The van der Waals surface area contributed by atoms with Gasteiger partial charge in [0.2, 0.25) is 0 Å². The zero-order valence-electron chi connectivity index (χ0n) is 11.7. The number of aryl methyl sites for hydroxylation is 2. The Morgan fingerprint density at radius 1 is 1.20 bits per heavy atom. The van der Waals surface area contributed by atoms with Crippen LogP contribution in [0.5, 0.6) is 0 Å². The molecule has 104 valence electrons. The second kappa shape index (κ2) is 5.40. The number of hydrogen-bond donors (Lipinski definition) is 0. The summed E-state index contributed by atoms with van der Waals surface area (Å²) in [5.74, 6) is 0.921. The Morgan fingerprint density at radius 3 is 2.75 bits per heavy atom. The SMILES string of the molecule is CCc1cc(CC)n(-c2nc3ccccn3c2CBr)n1. The van der Waals surface area contributed by atoms with Gasteiger partial charge >= 0.3 is 0 Å². The van der Waals surface area contributed by atoms with Crippen LogP contribution < -0.4 is 0 Å². The van der Waals surface area contributed by atoms with Gasteiger partial charge in [0.15, 0.2) is 5.82 Å². The van der Waals surface area contributed by atoms with Crippen molar-refractivity contribution in [1.29, 1.82) is 0 Å². The molecule has 0 saturated carbocycles. The number of hydrogen-bond acceptors (Lipinski definition) is 2. The highest BCUT2D eigenvalue weighted by Gasteiger charge is 2.16. The van der Waals surface area contributed by atoms with E-state index in [1.54, 1.807) is 0 Å². The fraction of sp³-hybridized carbons (Fsp3) is 0.333. The summed E-state index contributed by atoms with van der Waals surface area (Å²) < 4.78 is 4.10. The fourth-order valence-electron chi connectivity index (χ4n) is 2.41. The summed E-state index contributed by atoms with van der Waals surface area (Å²) in [6.45, 7) is 4.28. The molecule has 0 aliphatic rings. The normalized spacial score (nSPS) is 11.3. The number of nitrogens with zero attached hydrogens (tertiary/aromatic N) is 4. The predicted molar refractivity (Wildman–Crippen MR) is 83.7 cm³/mol. The number of halogens is 1. The van der Waals surface area contributed by atoms with Crippen molar-refractivity contribution in [2.24, 2.45) is 0 Å². The number of aromatic nitrogens is 4. The van der Waals surface area contributed by atoms with Crippen molar-refractivity contribution in [1.82, 2.24) is 19.2 Å². The average Bonchev–Trinajstić information content (AvgIpc) is 3.07. The summed E-state index contributed by atoms with van der Waals surface area (Å²) in [7, 11) is 0. The molecule has 0 atom stereocenters. The first kappa shape index (κ1) is 13.4. The fourth-order valence-corrected chi connectivity index (χ4v) is 2.93. The van der Waals surface area contributed by atoms with Crippen LogP contribution in [0.4, 0.5) is 0 Å². The van der Waals surface area contributed by atoms with E-state index in [0.717, 1.165) is 41.0 Å². The molecule has 0 bridgehead atoms. The highest BCUT2D eigenvalue weighted by molar-refractivity contribution is 9.08. The van der Waals surface area contributed by atoms with Crippen LogP contribution >= 0.6 is 15.9 Å². The maximum Gasteiger partial charge on any atom is 0.176 e. The van der Waals surface area contributed by atoms with Gasteiger partial charge in [0.25, 0.3) is 0 Å². The lowest BCUT2D eigenvalue weighted by molar-refractivity contribution is 0.771. The molecule has 0 fully saturated rings. The average molecular weight is 333 g/mol. The molecule has 0 aromatic carbocycles. The maximum absolute atomic E-state index is 4.74. The lowest BCUT2D eigenvalue weighted by Gasteiger charge is -2.04. The maximum atomic E-state index is 4.74. The predicted octanol–water partition coefficient (Wildman–Crippen LogP) is 3.54. The van der Waals surface area contributed by atoms with Crippen LogP contribution in [0.2, 0.25) is 0 Å². The van der Waals surface area contributed by atoms with Gasteiger partial charge in [-0.25, -0.2) is 9.67 Å². The second-order valence-corrected chi connectivity index (χ2v) is 5.25. The highest BCUT2D eigenvalue weighted by Crippen LogP contribution is 2.21. The molecule has 0 radical (unpaired) electrons. The first-order chi connectivity index (χ1) is 9.78. The van der Waals surface area contributed by atoms with Gasteiger partial charge < -0.3 is 4.40 Å². The van der Waals surface area contributed by atoms with E-state index in [9.17, 15) is 0 Å². The van der Waals surface area contributed by atoms with Crippen molar-refractivity contribution in [3.05, 3.63) is 47.5 Å². The zero-order chi connectivity index (χ0) is 14.1. The Hall–Kier alpha value is -1.62. The van der Waals surface area contributed by atoms with Crippen LogP contribution in [0, 0.1) is 0 Å². The number of alkyl halides is 1. The summed E-state index contributed by atoms with van der Waals surface area (Å²) >= 11 is 3.57. The van der Waals surface area contributed by atoms with E-state index in [0.29, 0.717) is 0 Å². The van der Waals surface area contributed by atoms with Crippen LogP contribution in [-0.4, -0.2) is 19.2 Å². The molecule has 0 unspecified atom stereocenters. The first-order valence-electron chi connectivity index (χ1n) is 6.88. The van der Waals surface area contributed by atoms with Gasteiger partial charge in [0.05, 0.1) is 11.4 Å². The molecule has 0 saturated heterocycles. The van der Waals surface area contributed by atoms with Crippen molar-refractivity contribution in [3.63, 3.8) is 0 Å². The molecule has 0 spiro atoms. The monoisotopic (exact) mass is 332 g/mol. The van der Waals surface area contributed by atoms with Gasteiger partial charge in [-0.3, -0.25) is 0 Å². The second-order valence-electron chi connectivity index (χ2n) is 4.69. The molecular formula is C15H17BrN4. The smallest absolute Gasteiger partial charge is 0.176 e. The highest BCUT2D eigenvalue weighted by atomic mass is 79.9. The number of fused-ring (bicyclic) bond motifs is 1. The van der Waals surface area contributed by atoms with E-state index in [-0.39, 0.29) is 0 Å². The van der Waals surface area contributed by atoms with E-state index in [1.807, 2.05) is 29.1 Å². The van der Waals surface area contributed by atoms with Gasteiger partial charge in [0, 0.05) is 17.2 Å². The molecule has 0 N–H and O–H groups in total. The third-order valence-corrected chi connectivity index (χ3v) is 4.02. The molecule has 3 rings (SSSR count). The molecular weight excluding hydrogens is 316 g/mol. The quantitative estimate of drug-likeness (QED) is 0.685. The zero-order valence-corrected chi connectivity index (χ0v) is 13.3. The lowest BCUT2D eigenvalue weighted by Crippen LogP contribution is -2.05. The van der Waals surface area contributed by atoms with E-state index >= 15 is 0 Å². The molecule has 5 heteroatoms. The summed E-state index contributed by atoms with van der Waals surface area (Å²) in [4.78, 5) is 4.74. The lowest BCUT2D eigenvalue weighted by atomic mass is 10.2. The van der Waals surface area contributed by atoms with Gasteiger partial charge in [0.1, 0.15) is 5.65 Å². The van der Waals surface area contributed by atoms with Gasteiger partial charge in [-0.05, 0) is 31.0 Å². The third-order valence-electron chi connectivity index (χ3n) is 3.49. The van der Waals surface area contributed by atoms with Crippen LogP contribution in [-0.2, 0) is 18.2 Å². The Balaban J connectivity index is 2.26. The molecule has 3 aromatic rings. The summed E-state index contributed by atoms with van der Waals surface area (Å²) in [5, 5.41) is 5.44. The van der Waals surface area contributed by atoms with E-state index in [1.165, 1.54) is 5.69 Å². The van der Waals surface area contributed by atoms with Gasteiger partial charge in [-0.15, -0.1) is 0 Å². The minimum atomic E-state index is 0.748. The van der Waals surface area contributed by atoms with Crippen LogP contribution in [0.25, 0.3) is 11.5 Å². The van der Waals surface area contributed by atoms with Crippen LogP contribution in [0.1, 0.15) is 30.9 Å². The van der Waals surface area contributed by atoms with Gasteiger partial charge in [-0.2, -0.15) is 5.10 Å². The van der Waals surface area contributed by atoms with Crippen molar-refractivity contribution in [2.75, 3.05) is 0 Å².